The first-order valence-corrected chi connectivity index (χ1v) is 16.4. The molecule has 0 aliphatic carbocycles. The SMILES string of the molecule is C=CC1=C(C)/C(=C/C2=NC(Cc3[nH]c(/C=C4\NC(=O)C(C)=C4C=C)c(C)c3CCC(=O)O)C(CCC(=O)O)=C2C)NC1=O.O=P(O)(O)O. The Labute approximate surface area is 277 Å². The molecule has 0 saturated heterocycles. The number of aromatic nitrogens is 1. The highest BCUT2D eigenvalue weighted by Gasteiger charge is 2.30. The number of carboxylic acid groups (broad SMARTS) is 2. The third-order valence-electron chi connectivity index (χ3n) is 8.23. The molecule has 0 bridgehead atoms. The number of aliphatic carboxylic acids is 2. The van der Waals surface area contributed by atoms with Crippen LogP contribution in [-0.4, -0.2) is 65.4 Å². The fraction of sp³-hybridized carbons (Fsp3) is 0.303. The highest BCUT2D eigenvalue weighted by atomic mass is 31.2. The van der Waals surface area contributed by atoms with Gasteiger partial charge < -0.3 is 40.5 Å². The zero-order valence-electron chi connectivity index (χ0n) is 27.0. The van der Waals surface area contributed by atoms with E-state index in [0.29, 0.717) is 46.7 Å². The normalized spacial score (nSPS) is 19.5. The Hall–Kier alpha value is -4.88. The number of amides is 2. The standard InChI is InChI=1S/C33H36N4O6.H3O4P/c1-7-20-19(6)32(42)37-27(20)14-25-18(5)23(10-12-31(40)41)29(35-25)15-28-22(9-11-30(38)39)17(4)24(34-28)13-26-16(3)21(8-2)33(43)36-26;1-5(2,3)4/h7-8,13-14,28,35H,1-2,9-12,15H2,3-6H3,(H,36,43)(H,37,42)(H,38,39)(H,40,41);(H3,1,2,3,4)/b26-13-,27-14-;. The molecule has 4 heterocycles. The van der Waals surface area contributed by atoms with E-state index in [2.05, 4.69) is 28.8 Å². The number of carbonyl (C=O) groups is 4. The van der Waals surface area contributed by atoms with Crippen molar-refractivity contribution in [1.82, 2.24) is 15.6 Å². The third kappa shape index (κ3) is 9.14. The minimum absolute atomic E-state index is 0.0679. The van der Waals surface area contributed by atoms with E-state index >= 15 is 0 Å². The maximum atomic E-state index is 12.3. The number of allylic oxidation sites excluding steroid dienone is 4. The smallest absolute Gasteiger partial charge is 0.466 e. The maximum Gasteiger partial charge on any atom is 0.466 e. The molecule has 14 nitrogen and oxygen atoms in total. The van der Waals surface area contributed by atoms with E-state index in [9.17, 15) is 29.4 Å². The van der Waals surface area contributed by atoms with Crippen LogP contribution in [0.15, 0.2) is 81.2 Å². The van der Waals surface area contributed by atoms with Gasteiger partial charge in [0.05, 0.1) is 17.5 Å². The van der Waals surface area contributed by atoms with Gasteiger partial charge in [-0.2, -0.15) is 0 Å². The van der Waals surface area contributed by atoms with Crippen molar-refractivity contribution in [2.45, 2.75) is 65.8 Å². The predicted octanol–water partition coefficient (Wildman–Crippen LogP) is 3.45. The molecule has 1 aromatic rings. The van der Waals surface area contributed by atoms with Crippen molar-refractivity contribution in [2.24, 2.45) is 4.99 Å². The van der Waals surface area contributed by atoms with E-state index in [1.54, 1.807) is 19.1 Å². The molecule has 0 saturated carbocycles. The molecule has 3 aliphatic heterocycles. The molecule has 0 fully saturated rings. The highest BCUT2D eigenvalue weighted by Crippen LogP contribution is 2.33. The highest BCUT2D eigenvalue weighted by molar-refractivity contribution is 7.45. The van der Waals surface area contributed by atoms with Crippen LogP contribution in [0.5, 0.6) is 0 Å². The van der Waals surface area contributed by atoms with Gasteiger partial charge in [0.1, 0.15) is 0 Å². The lowest BCUT2D eigenvalue weighted by Gasteiger charge is -2.14. The van der Waals surface area contributed by atoms with Crippen LogP contribution in [0.1, 0.15) is 62.5 Å². The molecule has 8 N–H and O–H groups in total. The molecule has 1 aromatic heterocycles. The van der Waals surface area contributed by atoms with E-state index in [1.165, 1.54) is 6.08 Å². The van der Waals surface area contributed by atoms with Gasteiger partial charge in [-0.15, -0.1) is 0 Å². The molecule has 2 amide bonds. The van der Waals surface area contributed by atoms with Gasteiger partial charge in [0.2, 0.25) is 0 Å². The largest absolute Gasteiger partial charge is 0.481 e. The number of hydrogen-bond donors (Lipinski definition) is 8. The molecule has 15 heteroatoms. The summed E-state index contributed by atoms with van der Waals surface area (Å²) >= 11 is 0. The van der Waals surface area contributed by atoms with Crippen molar-refractivity contribution >= 4 is 43.4 Å². The summed E-state index contributed by atoms with van der Waals surface area (Å²) in [4.78, 5) is 77.6. The van der Waals surface area contributed by atoms with Gasteiger partial charge in [0, 0.05) is 53.1 Å². The Morgan fingerprint density at radius 1 is 0.833 bits per heavy atom. The van der Waals surface area contributed by atoms with Gasteiger partial charge in [0.15, 0.2) is 0 Å². The number of aromatic amines is 1. The van der Waals surface area contributed by atoms with Crippen LogP contribution in [0.4, 0.5) is 0 Å². The summed E-state index contributed by atoms with van der Waals surface area (Å²) in [5, 5.41) is 24.6. The summed E-state index contributed by atoms with van der Waals surface area (Å²) in [5.41, 5.74) is 9.29. The molecule has 256 valence electrons. The average molecular weight is 683 g/mol. The van der Waals surface area contributed by atoms with Gasteiger partial charge in [-0.05, 0) is 80.5 Å². The second kappa shape index (κ2) is 15.3. The lowest BCUT2D eigenvalue weighted by molar-refractivity contribution is -0.138. The van der Waals surface area contributed by atoms with Gasteiger partial charge >= 0.3 is 19.8 Å². The molecular formula is C33H39N4O10P. The van der Waals surface area contributed by atoms with Crippen LogP contribution in [-0.2, 0) is 36.6 Å². The number of rotatable bonds is 12. The zero-order valence-corrected chi connectivity index (χ0v) is 27.9. The molecule has 3 aliphatic rings. The summed E-state index contributed by atoms with van der Waals surface area (Å²) in [5.74, 6) is -2.29. The van der Waals surface area contributed by atoms with E-state index < -0.39 is 25.8 Å². The van der Waals surface area contributed by atoms with Gasteiger partial charge in [0.25, 0.3) is 11.8 Å². The molecule has 0 spiro atoms. The fourth-order valence-corrected chi connectivity index (χ4v) is 5.72. The number of nitrogens with zero attached hydrogens (tertiary/aromatic N) is 1. The summed E-state index contributed by atoms with van der Waals surface area (Å²) in [6.07, 6.45) is 7.58. The van der Waals surface area contributed by atoms with Gasteiger partial charge in [-0.1, -0.05) is 25.3 Å². The van der Waals surface area contributed by atoms with Gasteiger partial charge in [-0.25, -0.2) is 4.57 Å². The van der Waals surface area contributed by atoms with Crippen LogP contribution in [0, 0.1) is 6.92 Å². The van der Waals surface area contributed by atoms with E-state index in [0.717, 1.165) is 39.2 Å². The zero-order chi connectivity index (χ0) is 36.1. The number of nitrogens with one attached hydrogen (secondary N) is 3. The quantitative estimate of drug-likeness (QED) is 0.149. The van der Waals surface area contributed by atoms with Crippen molar-refractivity contribution in [3.63, 3.8) is 0 Å². The van der Waals surface area contributed by atoms with Crippen molar-refractivity contribution < 1.29 is 48.6 Å². The topological polar surface area (TPSA) is 239 Å². The Kier molecular flexibility index (Phi) is 12.0. The van der Waals surface area contributed by atoms with E-state index in [4.69, 9.17) is 24.2 Å². The predicted molar refractivity (Wildman–Crippen MR) is 178 cm³/mol. The number of aliphatic imine (C=N–C) groups is 1. The monoisotopic (exact) mass is 682 g/mol. The molecular weight excluding hydrogens is 643 g/mol. The molecule has 1 atom stereocenters. The van der Waals surface area contributed by atoms with Crippen LogP contribution in [0.3, 0.4) is 0 Å². The third-order valence-corrected chi connectivity index (χ3v) is 8.23. The van der Waals surface area contributed by atoms with Crippen molar-refractivity contribution in [1.29, 1.82) is 0 Å². The first kappa shape index (κ1) is 37.6. The second-order valence-corrected chi connectivity index (χ2v) is 12.3. The molecule has 0 aromatic carbocycles. The molecule has 0 radical (unpaired) electrons. The fourth-order valence-electron chi connectivity index (χ4n) is 5.72. The summed E-state index contributed by atoms with van der Waals surface area (Å²) in [7, 11) is -4.64. The maximum absolute atomic E-state index is 12.3. The van der Waals surface area contributed by atoms with E-state index in [-0.39, 0.29) is 31.1 Å². The number of carbonyl (C=O) groups excluding carboxylic acids is 2. The first-order chi connectivity index (χ1) is 22.4. The summed E-state index contributed by atoms with van der Waals surface area (Å²) in [6.45, 7) is 14.9. The van der Waals surface area contributed by atoms with Crippen molar-refractivity contribution in [2.75, 3.05) is 0 Å². The summed E-state index contributed by atoms with van der Waals surface area (Å²) in [6, 6.07) is -0.398. The summed E-state index contributed by atoms with van der Waals surface area (Å²) < 4.78 is 8.88. The van der Waals surface area contributed by atoms with Gasteiger partial charge in [-0.3, -0.25) is 24.2 Å². The van der Waals surface area contributed by atoms with Crippen LogP contribution >= 0.6 is 7.82 Å². The van der Waals surface area contributed by atoms with Crippen LogP contribution < -0.4 is 10.6 Å². The average Bonchev–Trinajstić information content (AvgIpc) is 3.62. The Bertz CT molecular complexity index is 1820. The number of carboxylic acids is 2. The first-order valence-electron chi connectivity index (χ1n) is 14.8. The molecule has 48 heavy (non-hydrogen) atoms. The van der Waals surface area contributed by atoms with Crippen molar-refractivity contribution in [3.8, 4) is 0 Å². The van der Waals surface area contributed by atoms with Crippen LogP contribution in [0.25, 0.3) is 6.08 Å². The molecule has 4 rings (SSSR count). The molecule has 1 unspecified atom stereocenters. The lowest BCUT2D eigenvalue weighted by Crippen LogP contribution is -2.16. The minimum Gasteiger partial charge on any atom is -0.481 e. The number of H-pyrrole nitrogens is 1. The Morgan fingerprint density at radius 3 is 1.94 bits per heavy atom. The van der Waals surface area contributed by atoms with E-state index in [1.807, 2.05) is 26.8 Å². The Balaban J connectivity index is 0.00000116. The number of hydrogen-bond acceptors (Lipinski definition) is 6. The second-order valence-electron chi connectivity index (χ2n) is 11.3. The Morgan fingerprint density at radius 2 is 1.40 bits per heavy atom. The minimum atomic E-state index is -4.64. The number of phosphoric acid groups is 1. The lowest BCUT2D eigenvalue weighted by atomic mass is 9.93. The van der Waals surface area contributed by atoms with Crippen LogP contribution in [0.2, 0.25) is 0 Å². The van der Waals surface area contributed by atoms with Crippen molar-refractivity contribution in [3.05, 3.63) is 98.7 Å².